The lowest BCUT2D eigenvalue weighted by atomic mass is 9.99. The zero-order valence-electron chi connectivity index (χ0n) is 14.0. The predicted molar refractivity (Wildman–Crippen MR) is 98.3 cm³/mol. The smallest absolute Gasteiger partial charge is 0.0400 e. The van der Waals surface area contributed by atoms with Gasteiger partial charge >= 0.3 is 0 Å². The van der Waals surface area contributed by atoms with Gasteiger partial charge in [-0.2, -0.15) is 0 Å². The van der Waals surface area contributed by atoms with E-state index in [0.717, 1.165) is 30.4 Å². The summed E-state index contributed by atoms with van der Waals surface area (Å²) in [5, 5.41) is 3.46. The van der Waals surface area contributed by atoms with E-state index < -0.39 is 0 Å². The van der Waals surface area contributed by atoms with E-state index in [1.807, 2.05) is 12.1 Å². The highest BCUT2D eigenvalue weighted by Gasteiger charge is 2.15. The summed E-state index contributed by atoms with van der Waals surface area (Å²) < 4.78 is 0. The quantitative estimate of drug-likeness (QED) is 0.817. The lowest BCUT2D eigenvalue weighted by molar-refractivity contribution is 0.185. The van der Waals surface area contributed by atoms with Crippen LogP contribution >= 0.6 is 0 Å². The van der Waals surface area contributed by atoms with Gasteiger partial charge in [-0.15, -0.1) is 0 Å². The highest BCUT2D eigenvalue weighted by atomic mass is 15.1. The van der Waals surface area contributed by atoms with Crippen LogP contribution in [0.25, 0.3) is 0 Å². The maximum atomic E-state index is 5.71. The van der Waals surface area contributed by atoms with E-state index >= 15 is 0 Å². The molecule has 0 radical (unpaired) electrons. The number of nitrogens with zero attached hydrogens (tertiary/aromatic N) is 1. The van der Waals surface area contributed by atoms with E-state index in [1.165, 1.54) is 37.1 Å². The zero-order chi connectivity index (χ0) is 16.1. The Morgan fingerprint density at radius 1 is 0.957 bits per heavy atom. The summed E-state index contributed by atoms with van der Waals surface area (Å²) in [7, 11) is 0. The molecule has 0 aromatic heterocycles. The van der Waals surface area contributed by atoms with Gasteiger partial charge in [0.1, 0.15) is 0 Å². The number of anilines is 2. The maximum Gasteiger partial charge on any atom is 0.0400 e. The fraction of sp³-hybridized carbons (Fsp3) is 0.400. The number of likely N-dealkylation sites (tertiary alicyclic amines) is 1. The van der Waals surface area contributed by atoms with Crippen LogP contribution in [-0.4, -0.2) is 18.0 Å². The average Bonchev–Trinajstić information content (AvgIpc) is 2.58. The molecule has 3 heteroatoms. The fourth-order valence-corrected chi connectivity index (χ4v) is 3.05. The van der Waals surface area contributed by atoms with Gasteiger partial charge in [-0.3, -0.25) is 4.90 Å². The molecule has 0 saturated carbocycles. The largest absolute Gasteiger partial charge is 0.399 e. The van der Waals surface area contributed by atoms with Crippen molar-refractivity contribution in [3.63, 3.8) is 0 Å². The topological polar surface area (TPSA) is 41.3 Å². The van der Waals surface area contributed by atoms with Gasteiger partial charge in [0.2, 0.25) is 0 Å². The van der Waals surface area contributed by atoms with Crippen molar-refractivity contribution in [2.24, 2.45) is 5.92 Å². The number of rotatable bonds is 5. The molecule has 1 saturated heterocycles. The summed E-state index contributed by atoms with van der Waals surface area (Å²) in [5.41, 5.74) is 10.3. The molecule has 3 nitrogen and oxygen atoms in total. The number of benzene rings is 2. The molecule has 122 valence electrons. The molecule has 2 aromatic rings. The highest BCUT2D eigenvalue weighted by molar-refractivity contribution is 5.46. The van der Waals surface area contributed by atoms with Crippen LogP contribution in [0.3, 0.4) is 0 Å². The van der Waals surface area contributed by atoms with Crippen LogP contribution in [-0.2, 0) is 13.1 Å². The minimum atomic E-state index is 0.810. The molecule has 0 spiro atoms. The molecular formula is C20H27N3. The predicted octanol–water partition coefficient (Wildman–Crippen LogP) is 4.11. The monoisotopic (exact) mass is 309 g/mol. The van der Waals surface area contributed by atoms with Crippen molar-refractivity contribution in [3.05, 3.63) is 59.7 Å². The van der Waals surface area contributed by atoms with Crippen LogP contribution in [0.2, 0.25) is 0 Å². The molecular weight excluding hydrogens is 282 g/mol. The molecule has 0 aliphatic carbocycles. The number of nitrogens with two attached hydrogens (primary N) is 1. The van der Waals surface area contributed by atoms with Gasteiger partial charge in [0, 0.05) is 24.5 Å². The summed E-state index contributed by atoms with van der Waals surface area (Å²) in [5.74, 6) is 0.895. The average molecular weight is 309 g/mol. The van der Waals surface area contributed by atoms with Gasteiger partial charge in [0.25, 0.3) is 0 Å². The van der Waals surface area contributed by atoms with Gasteiger partial charge in [-0.1, -0.05) is 31.2 Å². The fourth-order valence-electron chi connectivity index (χ4n) is 3.05. The number of nitrogens with one attached hydrogen (secondary N) is 1. The minimum Gasteiger partial charge on any atom is -0.399 e. The Labute approximate surface area is 139 Å². The molecule has 1 fully saturated rings. The first kappa shape index (κ1) is 15.9. The summed E-state index contributed by atoms with van der Waals surface area (Å²) >= 11 is 0. The molecule has 23 heavy (non-hydrogen) atoms. The Morgan fingerprint density at radius 3 is 2.22 bits per heavy atom. The maximum absolute atomic E-state index is 5.71. The standard InChI is InChI=1S/C20H27N3/c1-16-10-12-23(13-11-16)15-18-4-8-20(9-5-18)22-14-17-2-6-19(21)7-3-17/h2-9,16,22H,10-15,21H2,1H3. The van der Waals surface area contributed by atoms with Crippen molar-refractivity contribution in [1.29, 1.82) is 0 Å². The van der Waals surface area contributed by atoms with Crippen LogP contribution in [0.5, 0.6) is 0 Å². The van der Waals surface area contributed by atoms with E-state index in [-0.39, 0.29) is 0 Å². The second-order valence-corrected chi connectivity index (χ2v) is 6.75. The van der Waals surface area contributed by atoms with Crippen molar-refractivity contribution in [2.45, 2.75) is 32.9 Å². The van der Waals surface area contributed by atoms with Crippen molar-refractivity contribution >= 4 is 11.4 Å². The first-order chi connectivity index (χ1) is 11.2. The van der Waals surface area contributed by atoms with Crippen molar-refractivity contribution in [3.8, 4) is 0 Å². The van der Waals surface area contributed by atoms with E-state index in [9.17, 15) is 0 Å². The first-order valence-corrected chi connectivity index (χ1v) is 8.58. The van der Waals surface area contributed by atoms with Crippen LogP contribution < -0.4 is 11.1 Å². The minimum absolute atomic E-state index is 0.810. The van der Waals surface area contributed by atoms with Gasteiger partial charge in [-0.25, -0.2) is 0 Å². The summed E-state index contributed by atoms with van der Waals surface area (Å²) in [6.45, 7) is 6.73. The Balaban J connectivity index is 1.49. The van der Waals surface area contributed by atoms with Gasteiger partial charge in [0.05, 0.1) is 0 Å². The van der Waals surface area contributed by atoms with E-state index in [4.69, 9.17) is 5.73 Å². The number of nitrogen functional groups attached to an aromatic ring is 1. The number of hydrogen-bond donors (Lipinski definition) is 2. The summed E-state index contributed by atoms with van der Waals surface area (Å²) in [4.78, 5) is 2.57. The molecule has 1 aliphatic heterocycles. The Kier molecular flexibility index (Phi) is 5.19. The molecule has 0 bridgehead atoms. The van der Waals surface area contributed by atoms with Crippen LogP contribution in [0.1, 0.15) is 30.9 Å². The van der Waals surface area contributed by atoms with Crippen molar-refractivity contribution in [2.75, 3.05) is 24.1 Å². The molecule has 0 unspecified atom stereocenters. The number of hydrogen-bond acceptors (Lipinski definition) is 3. The molecule has 1 aliphatic rings. The second kappa shape index (κ2) is 7.51. The molecule has 2 aromatic carbocycles. The summed E-state index contributed by atoms with van der Waals surface area (Å²) in [6, 6.07) is 16.9. The normalized spacial score (nSPS) is 16.4. The Hall–Kier alpha value is -2.00. The molecule has 1 heterocycles. The third kappa shape index (κ3) is 4.73. The van der Waals surface area contributed by atoms with E-state index in [0.29, 0.717) is 0 Å². The van der Waals surface area contributed by atoms with Crippen LogP contribution in [0, 0.1) is 5.92 Å². The Bertz CT molecular complexity index is 596. The third-order valence-corrected chi connectivity index (χ3v) is 4.71. The molecule has 0 atom stereocenters. The molecule has 3 N–H and O–H groups in total. The zero-order valence-corrected chi connectivity index (χ0v) is 14.0. The summed E-state index contributed by atoms with van der Waals surface area (Å²) in [6.07, 6.45) is 2.67. The van der Waals surface area contributed by atoms with Crippen molar-refractivity contribution < 1.29 is 0 Å². The van der Waals surface area contributed by atoms with Gasteiger partial charge in [-0.05, 0) is 67.2 Å². The number of piperidine rings is 1. The lowest BCUT2D eigenvalue weighted by Crippen LogP contribution is -2.32. The molecule has 3 rings (SSSR count). The Morgan fingerprint density at radius 2 is 1.57 bits per heavy atom. The van der Waals surface area contributed by atoms with Crippen LogP contribution in [0.15, 0.2) is 48.5 Å². The second-order valence-electron chi connectivity index (χ2n) is 6.75. The lowest BCUT2D eigenvalue weighted by Gasteiger charge is -2.30. The SMILES string of the molecule is CC1CCN(Cc2ccc(NCc3ccc(N)cc3)cc2)CC1. The van der Waals surface area contributed by atoms with Crippen LogP contribution in [0.4, 0.5) is 11.4 Å². The van der Waals surface area contributed by atoms with E-state index in [1.54, 1.807) is 0 Å². The van der Waals surface area contributed by atoms with Crippen molar-refractivity contribution in [1.82, 2.24) is 4.90 Å². The van der Waals surface area contributed by atoms with Gasteiger partial charge in [0.15, 0.2) is 0 Å². The third-order valence-electron chi connectivity index (χ3n) is 4.71. The highest BCUT2D eigenvalue weighted by Crippen LogP contribution is 2.19. The molecule has 0 amide bonds. The van der Waals surface area contributed by atoms with Gasteiger partial charge < -0.3 is 11.1 Å². The van der Waals surface area contributed by atoms with E-state index in [2.05, 4.69) is 53.5 Å². The first-order valence-electron chi connectivity index (χ1n) is 8.58.